The summed E-state index contributed by atoms with van der Waals surface area (Å²) in [6.07, 6.45) is 7.12. The molecule has 4 heterocycles. The van der Waals surface area contributed by atoms with Gasteiger partial charge < -0.3 is 14.8 Å². The van der Waals surface area contributed by atoms with Gasteiger partial charge in [0.2, 0.25) is 5.91 Å². The van der Waals surface area contributed by atoms with Gasteiger partial charge in [0.15, 0.2) is 5.82 Å². The summed E-state index contributed by atoms with van der Waals surface area (Å²) in [4.78, 5) is 27.9. The van der Waals surface area contributed by atoms with Gasteiger partial charge in [-0.3, -0.25) is 4.79 Å². The molecule has 0 spiro atoms. The number of rotatable bonds is 6. The maximum atomic E-state index is 12.7. The lowest BCUT2D eigenvalue weighted by Crippen LogP contribution is -2.44. The molecule has 1 unspecified atom stereocenters. The molecular weight excluding hydrogens is 380 g/mol. The monoisotopic (exact) mass is 408 g/mol. The molecule has 0 saturated carbocycles. The molecule has 0 radical (unpaired) electrons. The Labute approximate surface area is 176 Å². The van der Waals surface area contributed by atoms with Crippen LogP contribution in [-0.2, 0) is 11.3 Å². The van der Waals surface area contributed by atoms with Gasteiger partial charge in [0.1, 0.15) is 18.0 Å². The van der Waals surface area contributed by atoms with E-state index in [2.05, 4.69) is 30.3 Å². The Bertz CT molecular complexity index is 1020. The number of amides is 1. The molecule has 1 aliphatic heterocycles. The summed E-state index contributed by atoms with van der Waals surface area (Å²) in [5.74, 6) is 2.59. The number of nitrogens with zero attached hydrogens (tertiary/aromatic N) is 7. The van der Waals surface area contributed by atoms with E-state index in [0.717, 1.165) is 54.8 Å². The zero-order valence-electron chi connectivity index (χ0n) is 17.7. The first-order valence-electron chi connectivity index (χ1n) is 10.4. The molecule has 30 heavy (non-hydrogen) atoms. The highest BCUT2D eigenvalue weighted by molar-refractivity contribution is 5.79. The van der Waals surface area contributed by atoms with Crippen LogP contribution in [0.1, 0.15) is 30.1 Å². The zero-order valence-corrected chi connectivity index (χ0v) is 17.7. The Kier molecular flexibility index (Phi) is 5.78. The van der Waals surface area contributed by atoms with Crippen LogP contribution in [0.15, 0.2) is 30.9 Å². The van der Waals surface area contributed by atoms with Crippen molar-refractivity contribution in [2.45, 2.75) is 40.2 Å². The topological polar surface area (TPSA) is 93.8 Å². The van der Waals surface area contributed by atoms with Crippen molar-refractivity contribution in [3.63, 3.8) is 0 Å². The lowest BCUT2D eigenvalue weighted by molar-refractivity contribution is -0.125. The second kappa shape index (κ2) is 8.64. The van der Waals surface area contributed by atoms with E-state index in [1.807, 2.05) is 48.3 Å². The van der Waals surface area contributed by atoms with Gasteiger partial charge in [-0.2, -0.15) is 5.10 Å². The molecule has 3 aromatic heterocycles. The summed E-state index contributed by atoms with van der Waals surface area (Å²) in [6.45, 7) is 8.80. The number of carbonyl (C=O) groups excluding carboxylic acids is 1. The highest BCUT2D eigenvalue weighted by Crippen LogP contribution is 2.23. The van der Waals surface area contributed by atoms with Crippen molar-refractivity contribution in [2.24, 2.45) is 5.92 Å². The van der Waals surface area contributed by atoms with E-state index < -0.39 is 0 Å². The van der Waals surface area contributed by atoms with Gasteiger partial charge >= 0.3 is 0 Å². The highest BCUT2D eigenvalue weighted by atomic mass is 16.1. The number of anilines is 1. The Morgan fingerprint density at radius 2 is 2.00 bits per heavy atom. The summed E-state index contributed by atoms with van der Waals surface area (Å²) in [6, 6.07) is 3.97. The Morgan fingerprint density at radius 1 is 1.17 bits per heavy atom. The quantitative estimate of drug-likeness (QED) is 0.669. The Balaban J connectivity index is 1.39. The van der Waals surface area contributed by atoms with Gasteiger partial charge in [-0.25, -0.2) is 19.6 Å². The molecule has 4 rings (SSSR count). The zero-order chi connectivity index (χ0) is 21.1. The second-order valence-corrected chi connectivity index (χ2v) is 7.82. The first-order valence-corrected chi connectivity index (χ1v) is 10.4. The van der Waals surface area contributed by atoms with Crippen molar-refractivity contribution in [1.29, 1.82) is 0 Å². The van der Waals surface area contributed by atoms with Crippen LogP contribution in [0.2, 0.25) is 0 Å². The van der Waals surface area contributed by atoms with E-state index in [0.29, 0.717) is 13.1 Å². The minimum absolute atomic E-state index is 0.0465. The Morgan fingerprint density at radius 3 is 2.73 bits per heavy atom. The summed E-state index contributed by atoms with van der Waals surface area (Å²) in [5, 5.41) is 7.58. The highest BCUT2D eigenvalue weighted by Gasteiger charge is 2.26. The van der Waals surface area contributed by atoms with Crippen molar-refractivity contribution in [2.75, 3.05) is 24.5 Å². The molecule has 1 amide bonds. The summed E-state index contributed by atoms with van der Waals surface area (Å²) in [7, 11) is 0. The van der Waals surface area contributed by atoms with Crippen LogP contribution in [0.5, 0.6) is 0 Å². The minimum atomic E-state index is -0.0465. The van der Waals surface area contributed by atoms with E-state index in [1.165, 1.54) is 0 Å². The van der Waals surface area contributed by atoms with Crippen molar-refractivity contribution < 1.29 is 4.79 Å². The number of piperidine rings is 1. The van der Waals surface area contributed by atoms with Crippen molar-refractivity contribution in [3.8, 4) is 5.82 Å². The van der Waals surface area contributed by atoms with Gasteiger partial charge in [-0.05, 0) is 39.7 Å². The lowest BCUT2D eigenvalue weighted by Gasteiger charge is -2.33. The van der Waals surface area contributed by atoms with Crippen molar-refractivity contribution >= 4 is 11.7 Å². The van der Waals surface area contributed by atoms with Gasteiger partial charge in [0.25, 0.3) is 0 Å². The minimum Gasteiger partial charge on any atom is -0.356 e. The van der Waals surface area contributed by atoms with Gasteiger partial charge in [0, 0.05) is 50.3 Å². The molecule has 0 aromatic carbocycles. The van der Waals surface area contributed by atoms with E-state index in [-0.39, 0.29) is 11.8 Å². The molecule has 1 saturated heterocycles. The van der Waals surface area contributed by atoms with Gasteiger partial charge in [-0.1, -0.05) is 0 Å². The fourth-order valence-corrected chi connectivity index (χ4v) is 3.97. The molecule has 9 nitrogen and oxygen atoms in total. The average molecular weight is 409 g/mol. The maximum Gasteiger partial charge on any atom is 0.224 e. The molecule has 9 heteroatoms. The van der Waals surface area contributed by atoms with Crippen molar-refractivity contribution in [3.05, 3.63) is 48.1 Å². The SMILES string of the molecule is Cc1cc(C)n(-c2cc(N3CCCC(C(=O)NCCn4ccnc4C)C3)ncn2)n1. The van der Waals surface area contributed by atoms with Crippen LogP contribution in [0.3, 0.4) is 0 Å². The van der Waals surface area contributed by atoms with Crippen LogP contribution in [-0.4, -0.2) is 54.8 Å². The first kappa shape index (κ1) is 20.1. The number of hydrogen-bond donors (Lipinski definition) is 1. The second-order valence-electron chi connectivity index (χ2n) is 7.82. The fraction of sp³-hybridized carbons (Fsp3) is 0.476. The standard InChI is InChI=1S/C21H28N8O/c1-15-11-16(2)29(26-15)20-12-19(24-14-25-20)28-8-4-5-18(13-28)21(30)23-7-10-27-9-6-22-17(27)3/h6,9,11-12,14,18H,4-5,7-8,10,13H2,1-3H3,(H,23,30). The van der Waals surface area contributed by atoms with Crippen LogP contribution in [0.25, 0.3) is 5.82 Å². The third kappa shape index (κ3) is 4.34. The third-order valence-electron chi connectivity index (χ3n) is 5.56. The van der Waals surface area contributed by atoms with E-state index >= 15 is 0 Å². The summed E-state index contributed by atoms with van der Waals surface area (Å²) < 4.78 is 3.86. The predicted molar refractivity (Wildman–Crippen MR) is 114 cm³/mol. The van der Waals surface area contributed by atoms with Crippen LogP contribution in [0.4, 0.5) is 5.82 Å². The molecular formula is C21H28N8O. The third-order valence-corrected chi connectivity index (χ3v) is 5.56. The Hall–Kier alpha value is -3.23. The van der Waals surface area contributed by atoms with Crippen LogP contribution < -0.4 is 10.2 Å². The predicted octanol–water partition coefficient (Wildman–Crippen LogP) is 1.82. The molecule has 1 N–H and O–H groups in total. The molecule has 158 valence electrons. The fourth-order valence-electron chi connectivity index (χ4n) is 3.97. The number of aryl methyl sites for hydroxylation is 3. The van der Waals surface area contributed by atoms with Crippen LogP contribution in [0, 0.1) is 26.7 Å². The smallest absolute Gasteiger partial charge is 0.224 e. The normalized spacial score (nSPS) is 16.6. The average Bonchev–Trinajstić information content (AvgIpc) is 3.32. The molecule has 0 aliphatic carbocycles. The number of hydrogen-bond acceptors (Lipinski definition) is 6. The largest absolute Gasteiger partial charge is 0.356 e. The summed E-state index contributed by atoms with van der Waals surface area (Å²) in [5.41, 5.74) is 1.98. The van der Waals surface area contributed by atoms with Crippen LogP contribution >= 0.6 is 0 Å². The number of nitrogens with one attached hydrogen (secondary N) is 1. The van der Waals surface area contributed by atoms with E-state index in [4.69, 9.17) is 0 Å². The van der Waals surface area contributed by atoms with Gasteiger partial charge in [0.05, 0.1) is 11.6 Å². The van der Waals surface area contributed by atoms with E-state index in [1.54, 1.807) is 12.5 Å². The number of aromatic nitrogens is 6. The van der Waals surface area contributed by atoms with Crippen molar-refractivity contribution in [1.82, 2.24) is 34.6 Å². The lowest BCUT2D eigenvalue weighted by atomic mass is 9.97. The molecule has 1 aliphatic rings. The molecule has 0 bridgehead atoms. The molecule has 1 fully saturated rings. The van der Waals surface area contributed by atoms with E-state index in [9.17, 15) is 4.79 Å². The number of carbonyl (C=O) groups is 1. The number of imidazole rings is 1. The summed E-state index contributed by atoms with van der Waals surface area (Å²) >= 11 is 0. The molecule has 3 aromatic rings. The van der Waals surface area contributed by atoms with Gasteiger partial charge in [-0.15, -0.1) is 0 Å². The maximum absolute atomic E-state index is 12.7. The molecule has 1 atom stereocenters. The first-order chi connectivity index (χ1) is 14.5.